The molecule has 1 N–H and O–H groups in total. The van der Waals surface area contributed by atoms with Gasteiger partial charge in [0.1, 0.15) is 0 Å². The van der Waals surface area contributed by atoms with Crippen molar-refractivity contribution in [3.8, 4) is 0 Å². The van der Waals surface area contributed by atoms with Crippen LogP contribution in [0.1, 0.15) is 22.7 Å². The number of amidine groups is 2. The molecule has 0 aliphatic carbocycles. The Labute approximate surface area is 169 Å². The Bertz CT molecular complexity index is 907. The number of hydrogen-bond donors (Lipinski definition) is 1. The molecular weight excluding hydrogens is 372 g/mol. The highest BCUT2D eigenvalue weighted by Gasteiger charge is 2.30. The standard InChI is InChI=1S/C21H24N4S2/c1-14-7-8-18(11-15(14)2)23-20(26-3)22-17-6-4-5-16(12-17)19-13-25-9-10-27-21(25)24-19/h4-8,11-12,19H,9-10,13H2,1-3H3,(H,22,23). The topological polar surface area (TPSA) is 40.0 Å². The third-order valence-electron chi connectivity index (χ3n) is 4.96. The number of benzene rings is 2. The molecule has 0 aromatic heterocycles. The normalized spacial score (nSPS) is 19.2. The van der Waals surface area contributed by atoms with E-state index < -0.39 is 0 Å². The van der Waals surface area contributed by atoms with E-state index in [4.69, 9.17) is 9.98 Å². The van der Waals surface area contributed by atoms with Gasteiger partial charge in [-0.1, -0.05) is 41.7 Å². The van der Waals surface area contributed by atoms with Crippen LogP contribution >= 0.6 is 23.5 Å². The summed E-state index contributed by atoms with van der Waals surface area (Å²) in [5.41, 5.74) is 5.85. The SMILES string of the molecule is CSC(=Nc1ccc(C)c(C)c1)Nc1cccc(C2CN3CCSC3=N2)c1. The van der Waals surface area contributed by atoms with Gasteiger partial charge < -0.3 is 10.2 Å². The first-order valence-corrected chi connectivity index (χ1v) is 11.4. The number of aliphatic imine (C=N–C) groups is 2. The van der Waals surface area contributed by atoms with E-state index in [-0.39, 0.29) is 6.04 Å². The number of nitrogens with zero attached hydrogens (tertiary/aromatic N) is 3. The van der Waals surface area contributed by atoms with Crippen molar-refractivity contribution in [3.63, 3.8) is 0 Å². The van der Waals surface area contributed by atoms with E-state index in [2.05, 4.69) is 66.5 Å². The van der Waals surface area contributed by atoms with Gasteiger partial charge in [-0.2, -0.15) is 0 Å². The summed E-state index contributed by atoms with van der Waals surface area (Å²) in [6.07, 6.45) is 2.05. The molecule has 0 saturated carbocycles. The Hall–Kier alpha value is -1.92. The first kappa shape index (κ1) is 18.4. The van der Waals surface area contributed by atoms with Gasteiger partial charge >= 0.3 is 0 Å². The zero-order chi connectivity index (χ0) is 18.8. The predicted molar refractivity (Wildman–Crippen MR) is 121 cm³/mol. The van der Waals surface area contributed by atoms with Gasteiger partial charge in [-0.15, -0.1) is 0 Å². The maximum Gasteiger partial charge on any atom is 0.165 e. The lowest BCUT2D eigenvalue weighted by molar-refractivity contribution is 0.464. The average molecular weight is 397 g/mol. The summed E-state index contributed by atoms with van der Waals surface area (Å²) in [6.45, 7) is 6.36. The van der Waals surface area contributed by atoms with Crippen molar-refractivity contribution in [2.24, 2.45) is 9.98 Å². The smallest absolute Gasteiger partial charge is 0.165 e. The van der Waals surface area contributed by atoms with Crippen molar-refractivity contribution in [2.45, 2.75) is 19.9 Å². The highest BCUT2D eigenvalue weighted by atomic mass is 32.2. The summed E-state index contributed by atoms with van der Waals surface area (Å²) < 4.78 is 0. The van der Waals surface area contributed by atoms with Gasteiger partial charge in [-0.05, 0) is 61.1 Å². The Morgan fingerprint density at radius 2 is 2.11 bits per heavy atom. The van der Waals surface area contributed by atoms with Crippen LogP contribution in [0, 0.1) is 13.8 Å². The minimum atomic E-state index is 0.240. The Balaban J connectivity index is 1.52. The van der Waals surface area contributed by atoms with Gasteiger partial charge in [-0.3, -0.25) is 4.99 Å². The fourth-order valence-corrected chi connectivity index (χ4v) is 4.73. The second-order valence-corrected chi connectivity index (χ2v) is 8.72. The number of nitrogens with one attached hydrogen (secondary N) is 1. The maximum atomic E-state index is 4.89. The fraction of sp³-hybridized carbons (Fsp3) is 0.333. The molecule has 1 atom stereocenters. The van der Waals surface area contributed by atoms with E-state index in [0.717, 1.165) is 29.6 Å². The Morgan fingerprint density at radius 3 is 2.89 bits per heavy atom. The van der Waals surface area contributed by atoms with Gasteiger partial charge in [0.25, 0.3) is 0 Å². The number of rotatable bonds is 3. The fourth-order valence-electron chi connectivity index (χ4n) is 3.27. The molecule has 1 fully saturated rings. The predicted octanol–water partition coefficient (Wildman–Crippen LogP) is 5.23. The average Bonchev–Trinajstić information content (AvgIpc) is 3.26. The summed E-state index contributed by atoms with van der Waals surface area (Å²) in [5.74, 6) is 1.17. The first-order valence-electron chi connectivity index (χ1n) is 9.15. The van der Waals surface area contributed by atoms with Crippen LogP contribution in [-0.2, 0) is 0 Å². The lowest BCUT2D eigenvalue weighted by atomic mass is 10.1. The number of thioether (sulfide) groups is 2. The van der Waals surface area contributed by atoms with Gasteiger partial charge in [0, 0.05) is 24.5 Å². The zero-order valence-corrected chi connectivity index (χ0v) is 17.5. The van der Waals surface area contributed by atoms with Crippen molar-refractivity contribution in [2.75, 3.05) is 30.4 Å². The van der Waals surface area contributed by atoms with Gasteiger partial charge in [0.2, 0.25) is 0 Å². The Kier molecular flexibility index (Phi) is 5.45. The van der Waals surface area contributed by atoms with Crippen molar-refractivity contribution >= 4 is 45.2 Å². The molecule has 4 nitrogen and oxygen atoms in total. The molecule has 6 heteroatoms. The van der Waals surface area contributed by atoms with Crippen LogP contribution in [0.25, 0.3) is 0 Å². The quantitative estimate of drug-likeness (QED) is 0.570. The molecule has 2 aromatic carbocycles. The van der Waals surface area contributed by atoms with Crippen LogP contribution in [0.3, 0.4) is 0 Å². The van der Waals surface area contributed by atoms with E-state index in [0.29, 0.717) is 0 Å². The second-order valence-electron chi connectivity index (χ2n) is 6.86. The lowest BCUT2D eigenvalue weighted by Gasteiger charge is -2.14. The highest BCUT2D eigenvalue weighted by Crippen LogP contribution is 2.33. The minimum Gasteiger partial charge on any atom is -0.348 e. The largest absolute Gasteiger partial charge is 0.348 e. The van der Waals surface area contributed by atoms with Crippen molar-refractivity contribution in [1.82, 2.24) is 4.90 Å². The lowest BCUT2D eigenvalue weighted by Crippen LogP contribution is -2.21. The van der Waals surface area contributed by atoms with Crippen molar-refractivity contribution < 1.29 is 0 Å². The maximum absolute atomic E-state index is 4.89. The van der Waals surface area contributed by atoms with Crippen molar-refractivity contribution in [1.29, 1.82) is 0 Å². The number of aryl methyl sites for hydroxylation is 2. The summed E-state index contributed by atoms with van der Waals surface area (Å²) in [7, 11) is 0. The van der Waals surface area contributed by atoms with Crippen LogP contribution in [0.5, 0.6) is 0 Å². The molecule has 2 heterocycles. The second kappa shape index (κ2) is 7.98. The van der Waals surface area contributed by atoms with E-state index in [1.165, 1.54) is 27.6 Å². The monoisotopic (exact) mass is 396 g/mol. The van der Waals surface area contributed by atoms with Crippen LogP contribution in [0.2, 0.25) is 0 Å². The Morgan fingerprint density at radius 1 is 1.22 bits per heavy atom. The summed E-state index contributed by atoms with van der Waals surface area (Å²) in [4.78, 5) is 12.1. The summed E-state index contributed by atoms with van der Waals surface area (Å²) in [6, 6.07) is 15.1. The molecule has 0 bridgehead atoms. The van der Waals surface area contributed by atoms with Crippen molar-refractivity contribution in [3.05, 3.63) is 59.2 Å². The van der Waals surface area contributed by atoms with Gasteiger partial charge in [0.15, 0.2) is 10.3 Å². The molecule has 4 rings (SSSR count). The molecular formula is C21H24N4S2. The summed E-state index contributed by atoms with van der Waals surface area (Å²) in [5, 5.41) is 5.57. The highest BCUT2D eigenvalue weighted by molar-refractivity contribution is 8.14. The molecule has 0 amide bonds. The molecule has 2 aliphatic rings. The molecule has 2 aliphatic heterocycles. The molecule has 0 radical (unpaired) electrons. The molecule has 2 aromatic rings. The number of hydrogen-bond acceptors (Lipinski definition) is 5. The molecule has 140 valence electrons. The van der Waals surface area contributed by atoms with Crippen LogP contribution in [0.15, 0.2) is 52.4 Å². The van der Waals surface area contributed by atoms with Crippen LogP contribution in [0.4, 0.5) is 11.4 Å². The number of fused-ring (bicyclic) bond motifs is 1. The molecule has 1 unspecified atom stereocenters. The molecule has 1 saturated heterocycles. The van der Waals surface area contributed by atoms with E-state index in [9.17, 15) is 0 Å². The summed E-state index contributed by atoms with van der Waals surface area (Å²) >= 11 is 3.49. The minimum absolute atomic E-state index is 0.240. The first-order chi connectivity index (χ1) is 13.1. The van der Waals surface area contributed by atoms with E-state index >= 15 is 0 Å². The van der Waals surface area contributed by atoms with Gasteiger partial charge in [-0.25, -0.2) is 4.99 Å². The number of anilines is 1. The van der Waals surface area contributed by atoms with Gasteiger partial charge in [0.05, 0.1) is 11.7 Å². The molecule has 27 heavy (non-hydrogen) atoms. The van der Waals surface area contributed by atoms with Crippen LogP contribution < -0.4 is 5.32 Å². The van der Waals surface area contributed by atoms with E-state index in [1.54, 1.807) is 11.8 Å². The zero-order valence-electron chi connectivity index (χ0n) is 15.9. The third-order valence-corrected chi connectivity index (χ3v) is 6.55. The third kappa shape index (κ3) is 4.17. The van der Waals surface area contributed by atoms with Crippen LogP contribution in [-0.4, -0.2) is 40.3 Å². The van der Waals surface area contributed by atoms with E-state index in [1.807, 2.05) is 18.0 Å². The molecule has 0 spiro atoms.